The predicted octanol–water partition coefficient (Wildman–Crippen LogP) is 1.65. The van der Waals surface area contributed by atoms with Crippen molar-refractivity contribution >= 4 is 11.6 Å². The molecule has 0 aliphatic rings. The van der Waals surface area contributed by atoms with Gasteiger partial charge >= 0.3 is 0 Å². The second kappa shape index (κ2) is 6.29. The van der Waals surface area contributed by atoms with Gasteiger partial charge in [-0.1, -0.05) is 13.8 Å². The molecule has 0 saturated carbocycles. The van der Waals surface area contributed by atoms with E-state index in [0.29, 0.717) is 5.56 Å². The van der Waals surface area contributed by atoms with E-state index < -0.39 is 10.8 Å². The Morgan fingerprint density at radius 3 is 2.53 bits per heavy atom. The summed E-state index contributed by atoms with van der Waals surface area (Å²) in [6.45, 7) is 5.27. The Kier molecular flexibility index (Phi) is 5.00. The number of hydrogen-bond donors (Lipinski definition) is 2. The van der Waals surface area contributed by atoms with Gasteiger partial charge in [-0.2, -0.15) is 0 Å². The van der Waals surface area contributed by atoms with Crippen molar-refractivity contribution < 1.29 is 14.8 Å². The van der Waals surface area contributed by atoms with Crippen molar-refractivity contribution in [1.82, 2.24) is 5.32 Å². The number of aliphatic hydroxyl groups excluding tert-OH is 1. The van der Waals surface area contributed by atoms with Gasteiger partial charge in [0.1, 0.15) is 0 Å². The topological polar surface area (TPSA) is 92.5 Å². The van der Waals surface area contributed by atoms with Gasteiger partial charge in [-0.3, -0.25) is 14.9 Å². The molecule has 0 saturated heterocycles. The molecule has 0 aliphatic carbocycles. The van der Waals surface area contributed by atoms with E-state index in [2.05, 4.69) is 5.32 Å². The van der Waals surface area contributed by atoms with Crippen LogP contribution >= 0.6 is 0 Å². The van der Waals surface area contributed by atoms with Crippen LogP contribution in [0.5, 0.6) is 0 Å². The molecule has 1 amide bonds. The van der Waals surface area contributed by atoms with Crippen LogP contribution < -0.4 is 5.32 Å². The molecular formula is C13H18N2O4. The molecule has 6 nitrogen and oxygen atoms in total. The van der Waals surface area contributed by atoms with Crippen molar-refractivity contribution in [3.8, 4) is 0 Å². The van der Waals surface area contributed by atoms with Gasteiger partial charge in [0.15, 0.2) is 0 Å². The first-order valence-electron chi connectivity index (χ1n) is 6.03. The number of nitrogens with one attached hydrogen (secondary N) is 1. The lowest BCUT2D eigenvalue weighted by Crippen LogP contribution is -2.41. The molecule has 0 spiro atoms. The molecule has 6 heteroatoms. The van der Waals surface area contributed by atoms with Crippen LogP contribution in [0.2, 0.25) is 0 Å². The van der Waals surface area contributed by atoms with E-state index >= 15 is 0 Å². The fourth-order valence-electron chi connectivity index (χ4n) is 1.67. The Balaban J connectivity index is 2.96. The minimum absolute atomic E-state index is 0.0775. The molecule has 0 bridgehead atoms. The van der Waals surface area contributed by atoms with Crippen LogP contribution in [0.1, 0.15) is 29.8 Å². The normalized spacial score (nSPS) is 12.3. The maximum absolute atomic E-state index is 12.0. The van der Waals surface area contributed by atoms with Gasteiger partial charge in [0, 0.05) is 17.7 Å². The van der Waals surface area contributed by atoms with Gasteiger partial charge in [-0.05, 0) is 24.5 Å². The summed E-state index contributed by atoms with van der Waals surface area (Å²) in [6.07, 6.45) is 0. The lowest BCUT2D eigenvalue weighted by Gasteiger charge is -2.19. The molecule has 0 radical (unpaired) electrons. The van der Waals surface area contributed by atoms with Crippen LogP contribution in [0.4, 0.5) is 5.69 Å². The molecule has 1 rings (SSSR count). The molecule has 1 atom stereocenters. The van der Waals surface area contributed by atoms with E-state index in [1.54, 1.807) is 13.0 Å². The zero-order chi connectivity index (χ0) is 14.6. The number of nitrogens with zero attached hydrogens (tertiary/aromatic N) is 1. The lowest BCUT2D eigenvalue weighted by atomic mass is 10.0. The van der Waals surface area contributed by atoms with Crippen molar-refractivity contribution in [3.05, 3.63) is 39.4 Å². The molecule has 0 heterocycles. The summed E-state index contributed by atoms with van der Waals surface area (Å²) in [4.78, 5) is 22.2. The summed E-state index contributed by atoms with van der Waals surface area (Å²) in [6, 6.07) is 3.85. The number of benzene rings is 1. The van der Waals surface area contributed by atoms with E-state index in [-0.39, 0.29) is 29.8 Å². The highest BCUT2D eigenvalue weighted by atomic mass is 16.6. The van der Waals surface area contributed by atoms with E-state index in [0.717, 1.165) is 0 Å². The molecule has 0 aromatic heterocycles. The molecule has 19 heavy (non-hydrogen) atoms. The number of aryl methyl sites for hydroxylation is 1. The van der Waals surface area contributed by atoms with Crippen LogP contribution in [0.3, 0.4) is 0 Å². The maximum atomic E-state index is 12.0. The highest BCUT2D eigenvalue weighted by Gasteiger charge is 2.18. The molecule has 1 aromatic carbocycles. The summed E-state index contributed by atoms with van der Waals surface area (Å²) in [7, 11) is 0. The van der Waals surface area contributed by atoms with Gasteiger partial charge in [0.25, 0.3) is 11.6 Å². The number of carbonyl (C=O) groups is 1. The molecular weight excluding hydrogens is 248 g/mol. The monoisotopic (exact) mass is 266 g/mol. The van der Waals surface area contributed by atoms with E-state index in [9.17, 15) is 14.9 Å². The minimum atomic E-state index is -0.532. The van der Waals surface area contributed by atoms with Crippen molar-refractivity contribution in [1.29, 1.82) is 0 Å². The zero-order valence-electron chi connectivity index (χ0n) is 11.2. The quantitative estimate of drug-likeness (QED) is 0.626. The Morgan fingerprint density at radius 1 is 1.42 bits per heavy atom. The fourth-order valence-corrected chi connectivity index (χ4v) is 1.67. The van der Waals surface area contributed by atoms with Crippen LogP contribution in [0.15, 0.2) is 18.2 Å². The van der Waals surface area contributed by atoms with Crippen LogP contribution in [-0.2, 0) is 0 Å². The SMILES string of the molecule is Cc1cc(C(=O)N[C@H](CO)C(C)C)cc([N+](=O)[O-])c1. The Labute approximate surface area is 111 Å². The van der Waals surface area contributed by atoms with Gasteiger partial charge in [0.05, 0.1) is 17.6 Å². The summed E-state index contributed by atoms with van der Waals surface area (Å²) >= 11 is 0. The summed E-state index contributed by atoms with van der Waals surface area (Å²) in [5.41, 5.74) is 0.755. The third kappa shape index (κ3) is 4.03. The van der Waals surface area contributed by atoms with Crippen LogP contribution in [-0.4, -0.2) is 28.6 Å². The lowest BCUT2D eigenvalue weighted by molar-refractivity contribution is -0.384. The van der Waals surface area contributed by atoms with Crippen molar-refractivity contribution in [2.45, 2.75) is 26.8 Å². The summed E-state index contributed by atoms with van der Waals surface area (Å²) in [5, 5.41) is 22.6. The third-order valence-corrected chi connectivity index (χ3v) is 2.85. The largest absolute Gasteiger partial charge is 0.394 e. The molecule has 0 unspecified atom stereocenters. The van der Waals surface area contributed by atoms with Crippen molar-refractivity contribution in [2.75, 3.05) is 6.61 Å². The smallest absolute Gasteiger partial charge is 0.270 e. The number of nitro benzene ring substituents is 1. The van der Waals surface area contributed by atoms with Crippen molar-refractivity contribution in [2.24, 2.45) is 5.92 Å². The van der Waals surface area contributed by atoms with Crippen molar-refractivity contribution in [3.63, 3.8) is 0 Å². The molecule has 1 aromatic rings. The number of carbonyl (C=O) groups excluding carboxylic acids is 1. The number of rotatable bonds is 5. The first kappa shape index (κ1) is 15.1. The molecule has 0 aliphatic heterocycles. The molecule has 0 fully saturated rings. The van der Waals surface area contributed by atoms with Crippen LogP contribution in [0.25, 0.3) is 0 Å². The first-order valence-corrected chi connectivity index (χ1v) is 6.03. The van der Waals surface area contributed by atoms with Gasteiger partial charge in [-0.15, -0.1) is 0 Å². The van der Waals surface area contributed by atoms with E-state index in [1.165, 1.54) is 12.1 Å². The van der Waals surface area contributed by atoms with E-state index in [4.69, 9.17) is 5.11 Å². The summed E-state index contributed by atoms with van der Waals surface area (Å²) in [5.74, 6) is -0.340. The van der Waals surface area contributed by atoms with E-state index in [1.807, 2.05) is 13.8 Å². The fraction of sp³-hybridized carbons (Fsp3) is 0.462. The second-order valence-corrected chi connectivity index (χ2v) is 4.82. The number of hydrogen-bond acceptors (Lipinski definition) is 4. The third-order valence-electron chi connectivity index (χ3n) is 2.85. The summed E-state index contributed by atoms with van der Waals surface area (Å²) < 4.78 is 0. The Bertz CT molecular complexity index is 486. The number of nitro groups is 1. The second-order valence-electron chi connectivity index (χ2n) is 4.82. The van der Waals surface area contributed by atoms with Gasteiger partial charge in [-0.25, -0.2) is 0 Å². The highest BCUT2D eigenvalue weighted by molar-refractivity contribution is 5.95. The average Bonchev–Trinajstić information content (AvgIpc) is 2.34. The number of amides is 1. The molecule has 2 N–H and O–H groups in total. The van der Waals surface area contributed by atoms with Gasteiger partial charge < -0.3 is 10.4 Å². The minimum Gasteiger partial charge on any atom is -0.394 e. The highest BCUT2D eigenvalue weighted by Crippen LogP contribution is 2.17. The number of aliphatic hydroxyl groups is 1. The standard InChI is InChI=1S/C13H18N2O4/c1-8(2)12(7-16)14-13(17)10-4-9(3)5-11(6-10)15(18)19/h4-6,8,12,16H,7H2,1-3H3,(H,14,17)/t12-/m1/s1. The average molecular weight is 266 g/mol. The molecule has 104 valence electrons. The zero-order valence-corrected chi connectivity index (χ0v) is 11.2. The van der Waals surface area contributed by atoms with Crippen LogP contribution in [0, 0.1) is 23.0 Å². The Morgan fingerprint density at radius 2 is 2.05 bits per heavy atom. The Hall–Kier alpha value is -1.95. The number of non-ortho nitro benzene ring substituents is 1. The van der Waals surface area contributed by atoms with Gasteiger partial charge in [0.2, 0.25) is 0 Å². The maximum Gasteiger partial charge on any atom is 0.270 e. The first-order chi connectivity index (χ1) is 8.85. The predicted molar refractivity (Wildman–Crippen MR) is 71.0 cm³/mol.